The molecule has 25 heavy (non-hydrogen) atoms. The molecule has 1 N–H and O–H groups in total. The van der Waals surface area contributed by atoms with Crippen molar-refractivity contribution in [3.63, 3.8) is 0 Å². The normalized spacial score (nSPS) is 12.0. The number of amides is 1. The van der Waals surface area contributed by atoms with E-state index in [4.69, 9.17) is 0 Å². The molecule has 1 atom stereocenters. The van der Waals surface area contributed by atoms with Crippen LogP contribution in [0.3, 0.4) is 0 Å². The van der Waals surface area contributed by atoms with E-state index < -0.39 is 17.7 Å². The van der Waals surface area contributed by atoms with E-state index in [1.807, 2.05) is 18.2 Å². The number of nitrogens with zero attached hydrogens (tertiary/aromatic N) is 2. The number of thiazole rings is 1. The summed E-state index contributed by atoms with van der Waals surface area (Å²) in [6.45, 7) is 1.65. The summed E-state index contributed by atoms with van der Waals surface area (Å²) in [6.07, 6.45) is 1.76. The fourth-order valence-electron chi connectivity index (χ4n) is 2.38. The Labute approximate surface area is 147 Å². The lowest BCUT2D eigenvalue weighted by atomic mass is 10.1. The maximum absolute atomic E-state index is 13.8. The van der Waals surface area contributed by atoms with E-state index in [0.717, 1.165) is 16.8 Å². The molecular formula is C18H15F2N3OS. The summed E-state index contributed by atoms with van der Waals surface area (Å²) in [5, 5.41) is 5.24. The third-order valence-electron chi connectivity index (χ3n) is 3.58. The van der Waals surface area contributed by atoms with Crippen molar-refractivity contribution in [1.82, 2.24) is 15.3 Å². The molecule has 128 valence electrons. The Morgan fingerprint density at radius 3 is 2.84 bits per heavy atom. The van der Waals surface area contributed by atoms with E-state index in [1.54, 1.807) is 18.5 Å². The van der Waals surface area contributed by atoms with Crippen molar-refractivity contribution in [2.45, 2.75) is 19.4 Å². The second-order valence-corrected chi connectivity index (χ2v) is 6.35. The predicted molar refractivity (Wildman–Crippen MR) is 92.0 cm³/mol. The second kappa shape index (κ2) is 7.48. The number of aromatic nitrogens is 2. The van der Waals surface area contributed by atoms with Crippen molar-refractivity contribution in [2.24, 2.45) is 0 Å². The summed E-state index contributed by atoms with van der Waals surface area (Å²) in [5.41, 5.74) is 1.61. The fraction of sp³-hybridized carbons (Fsp3) is 0.167. The molecule has 7 heteroatoms. The molecule has 3 rings (SSSR count). The molecule has 0 aliphatic rings. The summed E-state index contributed by atoms with van der Waals surface area (Å²) in [7, 11) is 0. The topological polar surface area (TPSA) is 54.9 Å². The van der Waals surface area contributed by atoms with E-state index in [9.17, 15) is 13.6 Å². The lowest BCUT2D eigenvalue weighted by Gasteiger charge is -2.14. The van der Waals surface area contributed by atoms with Crippen LogP contribution in [0.15, 0.2) is 48.0 Å². The Kier molecular flexibility index (Phi) is 5.14. The number of benzene rings is 1. The molecule has 0 saturated carbocycles. The summed E-state index contributed by atoms with van der Waals surface area (Å²) >= 11 is 1.41. The Morgan fingerprint density at radius 2 is 2.12 bits per heavy atom. The Hall–Kier alpha value is -2.67. The molecule has 0 saturated heterocycles. The lowest BCUT2D eigenvalue weighted by Crippen LogP contribution is -2.28. The lowest BCUT2D eigenvalue weighted by molar-refractivity contribution is -0.121. The van der Waals surface area contributed by atoms with Gasteiger partial charge in [-0.3, -0.25) is 9.78 Å². The van der Waals surface area contributed by atoms with Crippen molar-refractivity contribution in [3.8, 4) is 10.7 Å². The number of carbonyl (C=O) groups excluding carboxylic acids is 1. The van der Waals surface area contributed by atoms with Crippen LogP contribution >= 0.6 is 11.3 Å². The van der Waals surface area contributed by atoms with Crippen LogP contribution in [0.5, 0.6) is 0 Å². The first-order chi connectivity index (χ1) is 12.0. The molecular weight excluding hydrogens is 344 g/mol. The molecule has 0 fully saturated rings. The van der Waals surface area contributed by atoms with Crippen molar-refractivity contribution in [2.75, 3.05) is 0 Å². The van der Waals surface area contributed by atoms with Gasteiger partial charge in [0, 0.05) is 23.2 Å². The summed E-state index contributed by atoms with van der Waals surface area (Å²) in [5.74, 6) is -1.61. The zero-order valence-corrected chi connectivity index (χ0v) is 14.2. The number of rotatable bonds is 5. The average Bonchev–Trinajstić information content (AvgIpc) is 3.03. The number of halogens is 2. The standard InChI is InChI=1S/C18H15F2N3OS/c1-11(14-6-5-12(19)8-15(14)20)22-17(24)9-13-10-25-18(23-13)16-4-2-3-7-21-16/h2-8,10-11H,9H2,1H3,(H,22,24). The van der Waals surface area contributed by atoms with Gasteiger partial charge in [0.2, 0.25) is 5.91 Å². The molecule has 1 unspecified atom stereocenters. The van der Waals surface area contributed by atoms with Crippen molar-refractivity contribution < 1.29 is 13.6 Å². The van der Waals surface area contributed by atoms with E-state index in [2.05, 4.69) is 15.3 Å². The zero-order valence-electron chi connectivity index (χ0n) is 13.4. The summed E-state index contributed by atoms with van der Waals surface area (Å²) in [4.78, 5) is 20.8. The molecule has 4 nitrogen and oxygen atoms in total. The second-order valence-electron chi connectivity index (χ2n) is 5.49. The van der Waals surface area contributed by atoms with Crippen LogP contribution in [0.2, 0.25) is 0 Å². The minimum absolute atomic E-state index is 0.0798. The largest absolute Gasteiger partial charge is 0.349 e. The first-order valence-corrected chi connectivity index (χ1v) is 8.51. The molecule has 2 heterocycles. The number of nitrogens with one attached hydrogen (secondary N) is 1. The van der Waals surface area contributed by atoms with Crippen molar-refractivity contribution >= 4 is 17.2 Å². The molecule has 1 aromatic carbocycles. The third-order valence-corrected chi connectivity index (χ3v) is 4.50. The van der Waals surface area contributed by atoms with Gasteiger partial charge in [-0.05, 0) is 25.1 Å². The van der Waals surface area contributed by atoms with Crippen LogP contribution in [0.25, 0.3) is 10.7 Å². The first-order valence-electron chi connectivity index (χ1n) is 7.63. The fourth-order valence-corrected chi connectivity index (χ4v) is 3.18. The molecule has 2 aromatic heterocycles. The molecule has 3 aromatic rings. The maximum Gasteiger partial charge on any atom is 0.226 e. The number of hydrogen-bond acceptors (Lipinski definition) is 4. The van der Waals surface area contributed by atoms with Gasteiger partial charge in [-0.2, -0.15) is 0 Å². The maximum atomic E-state index is 13.8. The van der Waals surface area contributed by atoms with Gasteiger partial charge in [0.15, 0.2) is 0 Å². The van der Waals surface area contributed by atoms with Gasteiger partial charge >= 0.3 is 0 Å². The van der Waals surface area contributed by atoms with E-state index in [-0.39, 0.29) is 17.9 Å². The average molecular weight is 359 g/mol. The first kappa shape index (κ1) is 17.2. The SMILES string of the molecule is CC(NC(=O)Cc1csc(-c2ccccn2)n1)c1ccc(F)cc1F. The highest BCUT2D eigenvalue weighted by atomic mass is 32.1. The zero-order chi connectivity index (χ0) is 17.8. The van der Waals surface area contributed by atoms with Gasteiger partial charge < -0.3 is 5.32 Å². The monoisotopic (exact) mass is 359 g/mol. The molecule has 0 aliphatic carbocycles. The number of carbonyl (C=O) groups is 1. The van der Waals surface area contributed by atoms with Crippen molar-refractivity contribution in [3.05, 3.63) is 70.9 Å². The smallest absolute Gasteiger partial charge is 0.226 e. The number of pyridine rings is 1. The highest BCUT2D eigenvalue weighted by Crippen LogP contribution is 2.22. The minimum Gasteiger partial charge on any atom is -0.349 e. The van der Waals surface area contributed by atoms with Crippen LogP contribution in [0.4, 0.5) is 8.78 Å². The number of hydrogen-bond donors (Lipinski definition) is 1. The van der Waals surface area contributed by atoms with Crippen LogP contribution in [-0.4, -0.2) is 15.9 Å². The van der Waals surface area contributed by atoms with E-state index in [1.165, 1.54) is 23.5 Å². The summed E-state index contributed by atoms with van der Waals surface area (Å²) < 4.78 is 26.7. The van der Waals surface area contributed by atoms with Crippen LogP contribution in [0, 0.1) is 11.6 Å². The quantitative estimate of drug-likeness (QED) is 0.752. The predicted octanol–water partition coefficient (Wildman–Crippen LogP) is 3.90. The highest BCUT2D eigenvalue weighted by molar-refractivity contribution is 7.13. The third kappa shape index (κ3) is 4.24. The van der Waals surface area contributed by atoms with E-state index in [0.29, 0.717) is 5.69 Å². The molecule has 0 radical (unpaired) electrons. The highest BCUT2D eigenvalue weighted by Gasteiger charge is 2.16. The van der Waals surface area contributed by atoms with Gasteiger partial charge in [-0.1, -0.05) is 12.1 Å². The van der Waals surface area contributed by atoms with Gasteiger partial charge in [0.05, 0.1) is 23.9 Å². The minimum atomic E-state index is -0.682. The molecule has 1 amide bonds. The van der Waals surface area contributed by atoms with Crippen LogP contribution in [-0.2, 0) is 11.2 Å². The summed E-state index contributed by atoms with van der Waals surface area (Å²) in [6, 6.07) is 8.27. The van der Waals surface area contributed by atoms with Crippen LogP contribution < -0.4 is 5.32 Å². The van der Waals surface area contributed by atoms with Gasteiger partial charge in [-0.15, -0.1) is 11.3 Å². The molecule has 0 aliphatic heterocycles. The van der Waals surface area contributed by atoms with Gasteiger partial charge in [0.25, 0.3) is 0 Å². The van der Waals surface area contributed by atoms with Gasteiger partial charge in [-0.25, -0.2) is 13.8 Å². The van der Waals surface area contributed by atoms with Gasteiger partial charge in [0.1, 0.15) is 16.6 Å². The Morgan fingerprint density at radius 1 is 1.28 bits per heavy atom. The van der Waals surface area contributed by atoms with Crippen molar-refractivity contribution in [1.29, 1.82) is 0 Å². The van der Waals surface area contributed by atoms with Crippen LogP contribution in [0.1, 0.15) is 24.2 Å². The molecule has 0 bridgehead atoms. The Balaban J connectivity index is 1.64. The van der Waals surface area contributed by atoms with E-state index >= 15 is 0 Å². The Bertz CT molecular complexity index is 883. The molecule has 0 spiro atoms.